The third-order valence-corrected chi connectivity index (χ3v) is 2.13. The second-order valence-electron chi connectivity index (χ2n) is 2.25. The second-order valence-corrected chi connectivity index (χ2v) is 3.25. The van der Waals surface area contributed by atoms with E-state index in [9.17, 15) is 4.79 Å². The molecule has 0 bridgehead atoms. The fourth-order valence-corrected chi connectivity index (χ4v) is 1.37. The van der Waals surface area contributed by atoms with Crippen LogP contribution in [0.5, 0.6) is 5.06 Å². The van der Waals surface area contributed by atoms with E-state index in [2.05, 4.69) is 4.98 Å². The molecule has 66 valence electrons. The molecule has 0 amide bonds. The van der Waals surface area contributed by atoms with Crippen molar-refractivity contribution in [3.63, 3.8) is 0 Å². The molecule has 0 unspecified atom stereocenters. The average molecular weight is 186 g/mol. The highest BCUT2D eigenvalue weighted by molar-refractivity contribution is 7.17. The normalized spacial score (nSPS) is 9.83. The number of nitrogens with zero attached hydrogens (tertiary/aromatic N) is 1. The van der Waals surface area contributed by atoms with Gasteiger partial charge < -0.3 is 10.5 Å². The first-order valence-corrected chi connectivity index (χ1v) is 4.38. The maximum atomic E-state index is 10.9. The highest BCUT2D eigenvalue weighted by Gasteiger charge is 2.09. The molecular formula is C7H10N2O2S. The van der Waals surface area contributed by atoms with Crippen molar-refractivity contribution in [3.8, 4) is 5.06 Å². The molecule has 0 aliphatic heterocycles. The van der Waals surface area contributed by atoms with Crippen LogP contribution in [0.4, 0.5) is 5.13 Å². The number of nitrogens with two attached hydrogens (primary N) is 1. The van der Waals surface area contributed by atoms with Crippen molar-refractivity contribution < 1.29 is 9.53 Å². The molecule has 0 fully saturated rings. The van der Waals surface area contributed by atoms with Gasteiger partial charge in [-0.1, -0.05) is 18.3 Å². The van der Waals surface area contributed by atoms with Crippen LogP contribution in [0.1, 0.15) is 19.0 Å². The number of anilines is 1. The van der Waals surface area contributed by atoms with E-state index in [-0.39, 0.29) is 5.97 Å². The van der Waals surface area contributed by atoms with Gasteiger partial charge in [-0.05, 0) is 6.92 Å². The summed E-state index contributed by atoms with van der Waals surface area (Å²) < 4.78 is 4.95. The molecule has 0 radical (unpaired) electrons. The zero-order valence-corrected chi connectivity index (χ0v) is 7.77. The number of ether oxygens (including phenoxy) is 1. The van der Waals surface area contributed by atoms with E-state index < -0.39 is 0 Å². The molecule has 0 spiro atoms. The number of esters is 1. The van der Waals surface area contributed by atoms with Crippen molar-refractivity contribution in [2.75, 3.05) is 5.73 Å². The summed E-state index contributed by atoms with van der Waals surface area (Å²) in [7, 11) is 0. The molecule has 12 heavy (non-hydrogen) atoms. The smallest absolute Gasteiger partial charge is 0.311 e. The lowest BCUT2D eigenvalue weighted by molar-refractivity contribution is -0.133. The van der Waals surface area contributed by atoms with Crippen molar-refractivity contribution in [2.24, 2.45) is 0 Å². The van der Waals surface area contributed by atoms with Crippen LogP contribution < -0.4 is 10.5 Å². The number of carbonyl (C=O) groups excluding carboxylic acids is 1. The van der Waals surface area contributed by atoms with Gasteiger partial charge in [-0.2, -0.15) is 0 Å². The summed E-state index contributed by atoms with van der Waals surface area (Å²) >= 11 is 1.18. The standard InChI is InChI=1S/C7H10N2O2S/c1-3-5(10)11-6-4(2)9-7(8)12-6/h3H2,1-2H3,(H2,8,9). The van der Waals surface area contributed by atoms with E-state index in [1.165, 1.54) is 11.3 Å². The number of rotatable bonds is 2. The first-order chi connectivity index (χ1) is 5.63. The zero-order valence-electron chi connectivity index (χ0n) is 6.96. The Morgan fingerprint density at radius 2 is 2.42 bits per heavy atom. The largest absolute Gasteiger partial charge is 0.413 e. The van der Waals surface area contributed by atoms with Crippen LogP contribution in [-0.2, 0) is 4.79 Å². The molecule has 0 aromatic carbocycles. The molecule has 1 aromatic rings. The van der Waals surface area contributed by atoms with Crippen molar-refractivity contribution in [1.82, 2.24) is 4.98 Å². The SMILES string of the molecule is CCC(=O)Oc1sc(N)nc1C. The lowest BCUT2D eigenvalue weighted by atomic mass is 10.5. The minimum absolute atomic E-state index is 0.262. The van der Waals surface area contributed by atoms with Gasteiger partial charge in [0.15, 0.2) is 5.13 Å². The number of thiazole rings is 1. The number of aryl methyl sites for hydroxylation is 1. The second kappa shape index (κ2) is 3.53. The molecule has 1 rings (SSSR count). The molecule has 4 nitrogen and oxygen atoms in total. The maximum absolute atomic E-state index is 10.9. The van der Waals surface area contributed by atoms with E-state index in [1.807, 2.05) is 0 Å². The molecule has 1 heterocycles. The van der Waals surface area contributed by atoms with E-state index in [1.54, 1.807) is 13.8 Å². The Labute approximate surface area is 74.4 Å². The summed E-state index contributed by atoms with van der Waals surface area (Å²) in [6.45, 7) is 3.49. The van der Waals surface area contributed by atoms with E-state index >= 15 is 0 Å². The Morgan fingerprint density at radius 3 is 2.83 bits per heavy atom. The van der Waals surface area contributed by atoms with Gasteiger partial charge in [-0.15, -0.1) is 0 Å². The summed E-state index contributed by atoms with van der Waals surface area (Å²) in [6, 6.07) is 0. The van der Waals surface area contributed by atoms with E-state index in [0.29, 0.717) is 22.3 Å². The predicted molar refractivity (Wildman–Crippen MR) is 47.2 cm³/mol. The third kappa shape index (κ3) is 1.94. The summed E-state index contributed by atoms with van der Waals surface area (Å²) in [5, 5.41) is 0.922. The Kier molecular flexibility index (Phi) is 2.65. The van der Waals surface area contributed by atoms with Gasteiger partial charge in [0.05, 0.1) is 5.69 Å². The maximum Gasteiger partial charge on any atom is 0.311 e. The first kappa shape index (κ1) is 8.99. The number of hydrogen-bond donors (Lipinski definition) is 1. The Hall–Kier alpha value is -1.10. The first-order valence-electron chi connectivity index (χ1n) is 3.57. The molecule has 1 aromatic heterocycles. The van der Waals surface area contributed by atoms with Gasteiger partial charge in [0.2, 0.25) is 5.06 Å². The topological polar surface area (TPSA) is 65.2 Å². The summed E-state index contributed by atoms with van der Waals surface area (Å²) in [6.07, 6.45) is 0.358. The Balaban J connectivity index is 2.75. The zero-order chi connectivity index (χ0) is 9.14. The molecule has 0 aliphatic rings. The highest BCUT2D eigenvalue weighted by atomic mass is 32.1. The van der Waals surface area contributed by atoms with Crippen LogP contribution >= 0.6 is 11.3 Å². The Bertz CT molecular complexity index is 296. The van der Waals surface area contributed by atoms with Crippen LogP contribution in [0.3, 0.4) is 0 Å². The van der Waals surface area contributed by atoms with E-state index in [4.69, 9.17) is 10.5 Å². The van der Waals surface area contributed by atoms with Crippen LogP contribution in [0.2, 0.25) is 0 Å². The van der Waals surface area contributed by atoms with Gasteiger partial charge in [0.25, 0.3) is 0 Å². The van der Waals surface area contributed by atoms with E-state index in [0.717, 1.165) is 0 Å². The number of aromatic nitrogens is 1. The van der Waals surface area contributed by atoms with Crippen molar-refractivity contribution >= 4 is 22.4 Å². The fourth-order valence-electron chi connectivity index (χ4n) is 0.673. The third-order valence-electron chi connectivity index (χ3n) is 1.27. The molecule has 0 aliphatic carbocycles. The highest BCUT2D eigenvalue weighted by Crippen LogP contribution is 2.28. The molecule has 2 N–H and O–H groups in total. The van der Waals surface area contributed by atoms with Gasteiger partial charge in [0.1, 0.15) is 0 Å². The fraction of sp³-hybridized carbons (Fsp3) is 0.429. The molecule has 5 heteroatoms. The number of hydrogen-bond acceptors (Lipinski definition) is 5. The van der Waals surface area contributed by atoms with Gasteiger partial charge in [-0.3, -0.25) is 4.79 Å². The summed E-state index contributed by atoms with van der Waals surface area (Å²) in [5.74, 6) is -0.262. The lowest BCUT2D eigenvalue weighted by Gasteiger charge is -1.97. The van der Waals surface area contributed by atoms with Crippen molar-refractivity contribution in [1.29, 1.82) is 0 Å². The van der Waals surface area contributed by atoms with Crippen LogP contribution in [0, 0.1) is 6.92 Å². The van der Waals surface area contributed by atoms with Crippen LogP contribution in [-0.4, -0.2) is 11.0 Å². The molecule has 0 atom stereocenters. The van der Waals surface area contributed by atoms with Gasteiger partial charge >= 0.3 is 5.97 Å². The van der Waals surface area contributed by atoms with Crippen molar-refractivity contribution in [3.05, 3.63) is 5.69 Å². The monoisotopic (exact) mass is 186 g/mol. The van der Waals surface area contributed by atoms with Gasteiger partial charge in [-0.25, -0.2) is 4.98 Å². The quantitative estimate of drug-likeness (QED) is 0.708. The Morgan fingerprint density at radius 1 is 1.75 bits per heavy atom. The van der Waals surface area contributed by atoms with Gasteiger partial charge in [0, 0.05) is 6.42 Å². The average Bonchev–Trinajstić information content (AvgIpc) is 2.30. The lowest BCUT2D eigenvalue weighted by Crippen LogP contribution is -2.04. The van der Waals surface area contributed by atoms with Crippen LogP contribution in [0.15, 0.2) is 0 Å². The molecule has 0 saturated heterocycles. The number of carbonyl (C=O) groups is 1. The minimum Gasteiger partial charge on any atom is -0.413 e. The molecule has 0 saturated carbocycles. The van der Waals surface area contributed by atoms with Crippen LogP contribution in [0.25, 0.3) is 0 Å². The van der Waals surface area contributed by atoms with Crippen molar-refractivity contribution in [2.45, 2.75) is 20.3 Å². The predicted octanol–water partition coefficient (Wildman–Crippen LogP) is 1.35. The summed E-state index contributed by atoms with van der Waals surface area (Å²) in [5.41, 5.74) is 6.08. The summed E-state index contributed by atoms with van der Waals surface area (Å²) in [4.78, 5) is 14.8. The molecular weight excluding hydrogens is 176 g/mol. The number of nitrogen functional groups attached to an aromatic ring is 1. The minimum atomic E-state index is -0.262.